The number of carbonyl (C=O) groups is 1. The lowest BCUT2D eigenvalue weighted by molar-refractivity contribution is 0.0297. The Kier molecular flexibility index (Phi) is 6.35. The zero-order chi connectivity index (χ0) is 20.1. The van der Waals surface area contributed by atoms with Crippen LogP contribution in [0.15, 0.2) is 69.0 Å². The molecule has 0 aliphatic rings. The largest absolute Gasteiger partial charge is 0.463 e. The van der Waals surface area contributed by atoms with Crippen molar-refractivity contribution in [1.29, 1.82) is 0 Å². The minimum Gasteiger partial charge on any atom is -0.463 e. The molecule has 3 rings (SSSR count). The van der Waals surface area contributed by atoms with E-state index in [0.29, 0.717) is 6.54 Å². The number of rotatable bonds is 6. The van der Waals surface area contributed by atoms with E-state index in [1.165, 1.54) is 10.5 Å². The average Bonchev–Trinajstić information content (AvgIpc) is 3.05. The van der Waals surface area contributed by atoms with Gasteiger partial charge in [-0.05, 0) is 57.4 Å². The Morgan fingerprint density at radius 1 is 1.07 bits per heavy atom. The SMILES string of the molecule is CN(CCCc1ccccc1Sc1coc2ccccc12)C(=O)OC(C)(C)C. The molecule has 0 fully saturated rings. The zero-order valence-corrected chi connectivity index (χ0v) is 17.7. The molecule has 0 bridgehead atoms. The second-order valence-corrected chi connectivity index (χ2v) is 8.90. The van der Waals surface area contributed by atoms with Crippen molar-refractivity contribution in [3.63, 3.8) is 0 Å². The molecule has 0 unspecified atom stereocenters. The number of furan rings is 1. The monoisotopic (exact) mass is 397 g/mol. The van der Waals surface area contributed by atoms with Crippen molar-refractivity contribution in [1.82, 2.24) is 4.90 Å². The van der Waals surface area contributed by atoms with E-state index in [4.69, 9.17) is 9.15 Å². The van der Waals surface area contributed by atoms with Gasteiger partial charge in [-0.2, -0.15) is 0 Å². The van der Waals surface area contributed by atoms with E-state index in [1.54, 1.807) is 23.7 Å². The lowest BCUT2D eigenvalue weighted by Crippen LogP contribution is -2.34. The molecule has 0 radical (unpaired) electrons. The maximum absolute atomic E-state index is 12.1. The van der Waals surface area contributed by atoms with Gasteiger partial charge in [-0.3, -0.25) is 0 Å². The molecular formula is C23H27NO3S. The molecule has 0 saturated carbocycles. The molecule has 0 spiro atoms. The third-order valence-corrected chi connectivity index (χ3v) is 5.44. The van der Waals surface area contributed by atoms with Crippen molar-refractivity contribution in [3.8, 4) is 0 Å². The van der Waals surface area contributed by atoms with Crippen LogP contribution in [0.4, 0.5) is 4.79 Å². The first-order valence-electron chi connectivity index (χ1n) is 9.49. The number of benzene rings is 2. The van der Waals surface area contributed by atoms with Crippen LogP contribution in [0.25, 0.3) is 11.0 Å². The average molecular weight is 398 g/mol. The fourth-order valence-corrected chi connectivity index (χ4v) is 3.96. The summed E-state index contributed by atoms with van der Waals surface area (Å²) in [6.07, 6.45) is 3.31. The Labute approximate surface area is 170 Å². The summed E-state index contributed by atoms with van der Waals surface area (Å²) in [4.78, 5) is 16.1. The van der Waals surface area contributed by atoms with Gasteiger partial charge in [-0.25, -0.2) is 4.79 Å². The molecule has 0 saturated heterocycles. The number of para-hydroxylation sites is 1. The van der Waals surface area contributed by atoms with Gasteiger partial charge in [-0.15, -0.1) is 0 Å². The summed E-state index contributed by atoms with van der Waals surface area (Å²) in [7, 11) is 1.78. The zero-order valence-electron chi connectivity index (χ0n) is 16.9. The van der Waals surface area contributed by atoms with E-state index in [0.717, 1.165) is 28.7 Å². The Morgan fingerprint density at radius 3 is 2.57 bits per heavy atom. The molecule has 5 heteroatoms. The second-order valence-electron chi connectivity index (χ2n) is 7.81. The lowest BCUT2D eigenvalue weighted by Gasteiger charge is -2.24. The summed E-state index contributed by atoms with van der Waals surface area (Å²) in [5.74, 6) is 0. The molecule has 1 amide bonds. The van der Waals surface area contributed by atoms with Gasteiger partial charge < -0.3 is 14.1 Å². The van der Waals surface area contributed by atoms with Gasteiger partial charge in [0.15, 0.2) is 0 Å². The van der Waals surface area contributed by atoms with Gasteiger partial charge in [0, 0.05) is 23.9 Å². The summed E-state index contributed by atoms with van der Waals surface area (Å²) < 4.78 is 11.1. The lowest BCUT2D eigenvalue weighted by atomic mass is 10.1. The van der Waals surface area contributed by atoms with E-state index in [1.807, 2.05) is 45.2 Å². The number of hydrogen-bond donors (Lipinski definition) is 0. The number of carbonyl (C=O) groups excluding carboxylic acids is 1. The first-order valence-corrected chi connectivity index (χ1v) is 10.3. The van der Waals surface area contributed by atoms with Gasteiger partial charge in [0.25, 0.3) is 0 Å². The predicted molar refractivity (Wildman–Crippen MR) is 114 cm³/mol. The molecule has 4 nitrogen and oxygen atoms in total. The van der Waals surface area contributed by atoms with Crippen LogP contribution in [-0.4, -0.2) is 30.2 Å². The van der Waals surface area contributed by atoms with Gasteiger partial charge in [0.1, 0.15) is 17.4 Å². The fourth-order valence-electron chi connectivity index (χ4n) is 2.90. The van der Waals surface area contributed by atoms with Crippen LogP contribution in [0.5, 0.6) is 0 Å². The predicted octanol–water partition coefficient (Wildman–Crippen LogP) is 6.38. The maximum atomic E-state index is 12.1. The molecule has 148 valence electrons. The van der Waals surface area contributed by atoms with Crippen molar-refractivity contribution >= 4 is 28.8 Å². The fraction of sp³-hybridized carbons (Fsp3) is 0.348. The molecule has 1 heterocycles. The van der Waals surface area contributed by atoms with Crippen molar-refractivity contribution in [2.75, 3.05) is 13.6 Å². The van der Waals surface area contributed by atoms with Crippen LogP contribution in [0.1, 0.15) is 32.8 Å². The van der Waals surface area contributed by atoms with E-state index in [9.17, 15) is 4.79 Å². The number of nitrogens with zero attached hydrogens (tertiary/aromatic N) is 1. The summed E-state index contributed by atoms with van der Waals surface area (Å²) >= 11 is 1.72. The molecule has 1 aromatic heterocycles. The summed E-state index contributed by atoms with van der Waals surface area (Å²) in [6, 6.07) is 16.5. The summed E-state index contributed by atoms with van der Waals surface area (Å²) in [6.45, 7) is 6.30. The van der Waals surface area contributed by atoms with Crippen LogP contribution in [0.2, 0.25) is 0 Å². The van der Waals surface area contributed by atoms with Gasteiger partial charge in [0.05, 0.1) is 4.90 Å². The molecular weight excluding hydrogens is 370 g/mol. The molecule has 0 aliphatic heterocycles. The van der Waals surface area contributed by atoms with Crippen molar-refractivity contribution in [2.45, 2.75) is 49.0 Å². The molecule has 0 aliphatic carbocycles. The molecule has 28 heavy (non-hydrogen) atoms. The van der Waals surface area contributed by atoms with Gasteiger partial charge in [0.2, 0.25) is 0 Å². The van der Waals surface area contributed by atoms with Crippen LogP contribution in [-0.2, 0) is 11.2 Å². The molecule has 3 aromatic rings. The van der Waals surface area contributed by atoms with Crippen molar-refractivity contribution in [3.05, 3.63) is 60.4 Å². The van der Waals surface area contributed by atoms with Crippen LogP contribution in [0, 0.1) is 0 Å². The number of aryl methyl sites for hydroxylation is 1. The number of ether oxygens (including phenoxy) is 1. The summed E-state index contributed by atoms with van der Waals surface area (Å²) in [5.41, 5.74) is 1.71. The highest BCUT2D eigenvalue weighted by molar-refractivity contribution is 7.99. The van der Waals surface area contributed by atoms with Crippen molar-refractivity contribution in [2.24, 2.45) is 0 Å². The quantitative estimate of drug-likeness (QED) is 0.484. The minimum atomic E-state index is -0.470. The normalized spacial score (nSPS) is 11.6. The summed E-state index contributed by atoms with van der Waals surface area (Å²) in [5, 5.41) is 1.13. The Hall–Kier alpha value is -2.40. The molecule has 2 aromatic carbocycles. The van der Waals surface area contributed by atoms with Gasteiger partial charge >= 0.3 is 6.09 Å². The Morgan fingerprint density at radius 2 is 1.79 bits per heavy atom. The van der Waals surface area contributed by atoms with Crippen LogP contribution < -0.4 is 0 Å². The van der Waals surface area contributed by atoms with E-state index in [-0.39, 0.29) is 6.09 Å². The van der Waals surface area contributed by atoms with Crippen LogP contribution in [0.3, 0.4) is 0 Å². The highest BCUT2D eigenvalue weighted by Crippen LogP contribution is 2.36. The minimum absolute atomic E-state index is 0.278. The van der Waals surface area contributed by atoms with Crippen LogP contribution >= 0.6 is 11.8 Å². The standard InChI is InChI=1S/C23H27NO3S/c1-23(2,3)27-22(25)24(4)15-9-11-17-10-5-8-14-20(17)28-21-16-26-19-13-7-6-12-18(19)21/h5-8,10,12-14,16H,9,11,15H2,1-4H3. The first kappa shape index (κ1) is 20.3. The Bertz CT molecular complexity index is 942. The topological polar surface area (TPSA) is 42.7 Å². The highest BCUT2D eigenvalue weighted by Gasteiger charge is 2.19. The second kappa shape index (κ2) is 8.74. The molecule has 0 N–H and O–H groups in total. The van der Waals surface area contributed by atoms with E-state index < -0.39 is 5.60 Å². The van der Waals surface area contributed by atoms with Crippen molar-refractivity contribution < 1.29 is 13.9 Å². The highest BCUT2D eigenvalue weighted by atomic mass is 32.2. The third kappa shape index (κ3) is 5.32. The first-order chi connectivity index (χ1) is 13.3. The number of hydrogen-bond acceptors (Lipinski definition) is 4. The smallest absolute Gasteiger partial charge is 0.410 e. The van der Waals surface area contributed by atoms with E-state index >= 15 is 0 Å². The maximum Gasteiger partial charge on any atom is 0.410 e. The number of amides is 1. The van der Waals surface area contributed by atoms with Gasteiger partial charge in [-0.1, -0.05) is 42.1 Å². The molecule has 0 atom stereocenters. The Balaban J connectivity index is 1.62. The van der Waals surface area contributed by atoms with E-state index in [2.05, 4.69) is 30.3 Å². The third-order valence-electron chi connectivity index (χ3n) is 4.28. The number of fused-ring (bicyclic) bond motifs is 1.